The zero-order valence-electron chi connectivity index (χ0n) is 15.0. The number of nitrogens with one attached hydrogen (secondary N) is 1. The molecule has 0 saturated heterocycles. The molecule has 0 aliphatic rings. The van der Waals surface area contributed by atoms with Crippen LogP contribution in [-0.4, -0.2) is 5.91 Å². The summed E-state index contributed by atoms with van der Waals surface area (Å²) in [4.78, 5) is 24.7. The standard InChI is InChI=1S/C23H16FNO3/c1-14-5-10-21-19(11-14)20(26)13-22(28-21)15-6-8-16(9-7-15)23(27)25-18-4-2-3-17(24)12-18/h2-13H,1H3,(H,25,27). The Morgan fingerprint density at radius 3 is 2.50 bits per heavy atom. The maximum atomic E-state index is 13.2. The molecule has 0 bridgehead atoms. The van der Waals surface area contributed by atoms with Crippen LogP contribution in [-0.2, 0) is 0 Å². The molecule has 1 amide bonds. The van der Waals surface area contributed by atoms with E-state index in [4.69, 9.17) is 4.42 Å². The summed E-state index contributed by atoms with van der Waals surface area (Å²) in [5.74, 6) is -0.347. The Kier molecular flexibility index (Phi) is 4.49. The quantitative estimate of drug-likeness (QED) is 0.540. The molecule has 4 aromatic rings. The average Bonchev–Trinajstić information content (AvgIpc) is 2.68. The Hall–Kier alpha value is -3.73. The van der Waals surface area contributed by atoms with Crippen molar-refractivity contribution >= 4 is 22.6 Å². The van der Waals surface area contributed by atoms with Crippen LogP contribution in [0.2, 0.25) is 0 Å². The maximum Gasteiger partial charge on any atom is 0.255 e. The van der Waals surface area contributed by atoms with Crippen LogP contribution >= 0.6 is 0 Å². The third-order valence-electron chi connectivity index (χ3n) is 4.40. The van der Waals surface area contributed by atoms with Crippen LogP contribution in [0.5, 0.6) is 0 Å². The van der Waals surface area contributed by atoms with Gasteiger partial charge in [0.05, 0.1) is 5.39 Å². The number of carbonyl (C=O) groups excluding carboxylic acids is 1. The third kappa shape index (κ3) is 3.55. The van der Waals surface area contributed by atoms with Crippen LogP contribution in [0, 0.1) is 12.7 Å². The molecule has 0 aliphatic heterocycles. The minimum Gasteiger partial charge on any atom is -0.456 e. The van der Waals surface area contributed by atoms with Gasteiger partial charge in [-0.25, -0.2) is 4.39 Å². The molecule has 0 radical (unpaired) electrons. The molecule has 138 valence electrons. The Morgan fingerprint density at radius 1 is 0.964 bits per heavy atom. The Balaban J connectivity index is 1.61. The molecule has 1 N–H and O–H groups in total. The van der Waals surface area contributed by atoms with Gasteiger partial charge in [0, 0.05) is 22.9 Å². The summed E-state index contributed by atoms with van der Waals surface area (Å²) in [6.45, 7) is 1.92. The fourth-order valence-corrected chi connectivity index (χ4v) is 2.97. The van der Waals surface area contributed by atoms with E-state index in [0.29, 0.717) is 33.5 Å². The van der Waals surface area contributed by atoms with E-state index in [-0.39, 0.29) is 11.3 Å². The lowest BCUT2D eigenvalue weighted by atomic mass is 10.1. The van der Waals surface area contributed by atoms with Crippen molar-refractivity contribution in [2.75, 3.05) is 5.32 Å². The van der Waals surface area contributed by atoms with Gasteiger partial charge in [-0.1, -0.05) is 29.8 Å². The minimum absolute atomic E-state index is 0.118. The molecule has 0 unspecified atom stereocenters. The smallest absolute Gasteiger partial charge is 0.255 e. The van der Waals surface area contributed by atoms with Gasteiger partial charge < -0.3 is 9.73 Å². The van der Waals surface area contributed by atoms with Crippen molar-refractivity contribution in [3.05, 3.63) is 100.0 Å². The van der Waals surface area contributed by atoms with E-state index >= 15 is 0 Å². The maximum absolute atomic E-state index is 13.2. The molecule has 3 aromatic carbocycles. The van der Waals surface area contributed by atoms with Crippen molar-refractivity contribution in [3.8, 4) is 11.3 Å². The molecule has 1 heterocycles. The summed E-state index contributed by atoms with van der Waals surface area (Å²) in [5, 5.41) is 3.18. The topological polar surface area (TPSA) is 59.3 Å². The highest BCUT2D eigenvalue weighted by Gasteiger charge is 2.10. The van der Waals surface area contributed by atoms with Gasteiger partial charge in [-0.15, -0.1) is 0 Å². The number of hydrogen-bond donors (Lipinski definition) is 1. The summed E-state index contributed by atoms with van der Waals surface area (Å²) in [5.41, 5.74) is 2.86. The summed E-state index contributed by atoms with van der Waals surface area (Å²) >= 11 is 0. The van der Waals surface area contributed by atoms with Gasteiger partial charge in [-0.3, -0.25) is 9.59 Å². The van der Waals surface area contributed by atoms with E-state index < -0.39 is 5.82 Å². The van der Waals surface area contributed by atoms with Crippen LogP contribution in [0.25, 0.3) is 22.3 Å². The Morgan fingerprint density at radius 2 is 1.75 bits per heavy atom. The van der Waals surface area contributed by atoms with E-state index in [1.54, 1.807) is 42.5 Å². The number of fused-ring (bicyclic) bond motifs is 1. The van der Waals surface area contributed by atoms with Gasteiger partial charge in [-0.2, -0.15) is 0 Å². The first-order valence-corrected chi connectivity index (χ1v) is 8.71. The highest BCUT2D eigenvalue weighted by molar-refractivity contribution is 6.04. The van der Waals surface area contributed by atoms with Crippen molar-refractivity contribution in [2.45, 2.75) is 6.92 Å². The van der Waals surface area contributed by atoms with Crippen LogP contribution in [0.1, 0.15) is 15.9 Å². The molecule has 0 fully saturated rings. The lowest BCUT2D eigenvalue weighted by Gasteiger charge is -2.07. The number of aryl methyl sites for hydroxylation is 1. The molecule has 0 spiro atoms. The second-order valence-electron chi connectivity index (χ2n) is 6.52. The molecule has 4 nitrogen and oxygen atoms in total. The number of benzene rings is 3. The first-order chi connectivity index (χ1) is 13.5. The minimum atomic E-state index is -0.422. The molecular formula is C23H16FNO3. The first kappa shape index (κ1) is 17.7. The summed E-state index contributed by atoms with van der Waals surface area (Å²) in [6.07, 6.45) is 0. The molecule has 0 aliphatic carbocycles. The monoisotopic (exact) mass is 373 g/mol. The molecule has 28 heavy (non-hydrogen) atoms. The zero-order chi connectivity index (χ0) is 19.7. The van der Waals surface area contributed by atoms with Crippen molar-refractivity contribution in [1.29, 1.82) is 0 Å². The van der Waals surface area contributed by atoms with E-state index in [1.165, 1.54) is 24.3 Å². The number of anilines is 1. The SMILES string of the molecule is Cc1ccc2oc(-c3ccc(C(=O)Nc4cccc(F)c4)cc3)cc(=O)c2c1. The Labute approximate surface area is 160 Å². The number of hydrogen-bond acceptors (Lipinski definition) is 3. The Bertz CT molecular complexity index is 1240. The largest absolute Gasteiger partial charge is 0.456 e. The summed E-state index contributed by atoms with van der Waals surface area (Å²) < 4.78 is 19.1. The van der Waals surface area contributed by atoms with Crippen LogP contribution in [0.4, 0.5) is 10.1 Å². The average molecular weight is 373 g/mol. The molecule has 4 rings (SSSR count). The van der Waals surface area contributed by atoms with E-state index in [9.17, 15) is 14.0 Å². The fourth-order valence-electron chi connectivity index (χ4n) is 2.97. The van der Waals surface area contributed by atoms with Crippen molar-refractivity contribution in [2.24, 2.45) is 0 Å². The molecule has 5 heteroatoms. The van der Waals surface area contributed by atoms with E-state index in [2.05, 4.69) is 5.32 Å². The second-order valence-corrected chi connectivity index (χ2v) is 6.52. The van der Waals surface area contributed by atoms with Gasteiger partial charge in [0.1, 0.15) is 17.2 Å². The molecular weight excluding hydrogens is 357 g/mol. The normalized spacial score (nSPS) is 10.8. The van der Waals surface area contributed by atoms with Gasteiger partial charge in [-0.05, 0) is 49.4 Å². The molecule has 0 atom stereocenters. The van der Waals surface area contributed by atoms with Crippen LogP contribution < -0.4 is 10.7 Å². The lowest BCUT2D eigenvalue weighted by Crippen LogP contribution is -2.11. The van der Waals surface area contributed by atoms with Gasteiger partial charge in [0.2, 0.25) is 0 Å². The number of amides is 1. The summed E-state index contributed by atoms with van der Waals surface area (Å²) in [6, 6.07) is 19.3. The predicted octanol–water partition coefficient (Wildman–Crippen LogP) is 5.16. The predicted molar refractivity (Wildman–Crippen MR) is 107 cm³/mol. The van der Waals surface area contributed by atoms with E-state index in [1.807, 2.05) is 13.0 Å². The van der Waals surface area contributed by atoms with Crippen molar-refractivity contribution < 1.29 is 13.6 Å². The second kappa shape index (κ2) is 7.12. The van der Waals surface area contributed by atoms with Gasteiger partial charge in [0.15, 0.2) is 5.43 Å². The highest BCUT2D eigenvalue weighted by atomic mass is 19.1. The van der Waals surface area contributed by atoms with Crippen LogP contribution in [0.15, 0.2) is 82.0 Å². The van der Waals surface area contributed by atoms with Crippen LogP contribution in [0.3, 0.4) is 0 Å². The van der Waals surface area contributed by atoms with Crippen molar-refractivity contribution in [1.82, 2.24) is 0 Å². The van der Waals surface area contributed by atoms with E-state index in [0.717, 1.165) is 5.56 Å². The van der Waals surface area contributed by atoms with Gasteiger partial charge >= 0.3 is 0 Å². The lowest BCUT2D eigenvalue weighted by molar-refractivity contribution is 0.102. The first-order valence-electron chi connectivity index (χ1n) is 8.71. The van der Waals surface area contributed by atoms with Crippen molar-refractivity contribution in [3.63, 3.8) is 0 Å². The number of carbonyl (C=O) groups is 1. The molecule has 1 aromatic heterocycles. The zero-order valence-corrected chi connectivity index (χ0v) is 15.0. The summed E-state index contributed by atoms with van der Waals surface area (Å²) in [7, 11) is 0. The van der Waals surface area contributed by atoms with Gasteiger partial charge in [0.25, 0.3) is 5.91 Å². The number of halogens is 1. The fraction of sp³-hybridized carbons (Fsp3) is 0.0435. The molecule has 0 saturated carbocycles. The highest BCUT2D eigenvalue weighted by Crippen LogP contribution is 2.23. The number of rotatable bonds is 3. The third-order valence-corrected chi connectivity index (χ3v) is 4.40.